The molecule has 5 heteroatoms. The number of hydrogen-bond acceptors (Lipinski definition) is 5. The molecule has 0 spiro atoms. The monoisotopic (exact) mass is 291 g/mol. The Bertz CT molecular complexity index is 468. The third kappa shape index (κ3) is 2.78. The predicted molar refractivity (Wildman–Crippen MR) is 81.3 cm³/mol. The van der Waals surface area contributed by atoms with Gasteiger partial charge in [0.15, 0.2) is 0 Å². The number of methoxy groups -OCH3 is 1. The molecule has 0 amide bonds. The Morgan fingerprint density at radius 3 is 2.67 bits per heavy atom. The molecular formula is C16H25N3O2. The standard InChI is InChI=1S/C16H25N3O2/c1-20-14-10-13(11-18-12-14)15(17)16(4-2-3-5-16)19-6-8-21-9-7-19/h10-12,15H,2-9,17H2,1H3. The molecule has 1 unspecified atom stereocenters. The molecule has 0 radical (unpaired) electrons. The number of hydrogen-bond donors (Lipinski definition) is 1. The lowest BCUT2D eigenvalue weighted by atomic mass is 9.82. The first-order valence-electron chi connectivity index (χ1n) is 7.83. The van der Waals surface area contributed by atoms with Crippen molar-refractivity contribution in [2.24, 2.45) is 5.73 Å². The zero-order valence-corrected chi connectivity index (χ0v) is 12.8. The smallest absolute Gasteiger partial charge is 0.137 e. The minimum atomic E-state index is -0.0271. The quantitative estimate of drug-likeness (QED) is 0.915. The van der Waals surface area contributed by atoms with Gasteiger partial charge in [-0.25, -0.2) is 0 Å². The van der Waals surface area contributed by atoms with Gasteiger partial charge < -0.3 is 15.2 Å². The number of nitrogens with two attached hydrogens (primary N) is 1. The molecule has 1 aliphatic carbocycles. The molecule has 1 aromatic heterocycles. The Morgan fingerprint density at radius 1 is 1.29 bits per heavy atom. The highest BCUT2D eigenvalue weighted by Gasteiger charge is 2.45. The fourth-order valence-electron chi connectivity index (χ4n) is 3.85. The summed E-state index contributed by atoms with van der Waals surface area (Å²) in [6.07, 6.45) is 8.43. The molecule has 21 heavy (non-hydrogen) atoms. The van der Waals surface area contributed by atoms with Crippen LogP contribution >= 0.6 is 0 Å². The fraction of sp³-hybridized carbons (Fsp3) is 0.688. The van der Waals surface area contributed by atoms with Crippen molar-refractivity contribution in [3.63, 3.8) is 0 Å². The molecule has 5 nitrogen and oxygen atoms in total. The van der Waals surface area contributed by atoms with Crippen molar-refractivity contribution in [3.05, 3.63) is 24.0 Å². The lowest BCUT2D eigenvalue weighted by Crippen LogP contribution is -2.57. The molecule has 3 rings (SSSR count). The molecule has 1 saturated carbocycles. The van der Waals surface area contributed by atoms with Crippen molar-refractivity contribution >= 4 is 0 Å². The number of ether oxygens (including phenoxy) is 2. The van der Waals surface area contributed by atoms with Crippen molar-refractivity contribution in [3.8, 4) is 5.75 Å². The van der Waals surface area contributed by atoms with Crippen LogP contribution in [0.2, 0.25) is 0 Å². The average Bonchev–Trinajstić information content (AvgIpc) is 3.06. The van der Waals surface area contributed by atoms with Crippen LogP contribution in [-0.2, 0) is 4.74 Å². The van der Waals surface area contributed by atoms with Gasteiger partial charge in [0, 0.05) is 30.9 Å². The maximum Gasteiger partial charge on any atom is 0.137 e. The Labute approximate surface area is 126 Å². The van der Waals surface area contributed by atoms with Gasteiger partial charge in [-0.15, -0.1) is 0 Å². The van der Waals surface area contributed by atoms with Crippen molar-refractivity contribution in [1.29, 1.82) is 0 Å². The van der Waals surface area contributed by atoms with E-state index in [2.05, 4.69) is 9.88 Å². The van der Waals surface area contributed by atoms with E-state index < -0.39 is 0 Å². The maximum absolute atomic E-state index is 6.71. The van der Waals surface area contributed by atoms with Crippen molar-refractivity contribution in [2.45, 2.75) is 37.3 Å². The Morgan fingerprint density at radius 2 is 2.00 bits per heavy atom. The Hall–Kier alpha value is -1.17. The van der Waals surface area contributed by atoms with Gasteiger partial charge in [0.05, 0.1) is 26.5 Å². The zero-order valence-electron chi connectivity index (χ0n) is 12.8. The maximum atomic E-state index is 6.71. The molecule has 1 aliphatic heterocycles. The highest BCUT2D eigenvalue weighted by atomic mass is 16.5. The first-order chi connectivity index (χ1) is 10.3. The highest BCUT2D eigenvalue weighted by molar-refractivity contribution is 5.29. The van der Waals surface area contributed by atoms with Crippen LogP contribution in [0.15, 0.2) is 18.5 Å². The highest BCUT2D eigenvalue weighted by Crippen LogP contribution is 2.43. The lowest BCUT2D eigenvalue weighted by Gasteiger charge is -2.47. The molecule has 1 aromatic rings. The van der Waals surface area contributed by atoms with E-state index in [0.717, 1.165) is 50.5 Å². The molecular weight excluding hydrogens is 266 g/mol. The predicted octanol–water partition coefficient (Wildman–Crippen LogP) is 1.73. The molecule has 2 heterocycles. The van der Waals surface area contributed by atoms with Crippen LogP contribution in [0.25, 0.3) is 0 Å². The van der Waals surface area contributed by atoms with E-state index in [1.54, 1.807) is 13.3 Å². The van der Waals surface area contributed by atoms with Crippen LogP contribution in [0.3, 0.4) is 0 Å². The molecule has 0 bridgehead atoms. The fourth-order valence-corrected chi connectivity index (χ4v) is 3.85. The van der Waals surface area contributed by atoms with E-state index in [1.807, 2.05) is 12.3 Å². The van der Waals surface area contributed by atoms with Gasteiger partial charge >= 0.3 is 0 Å². The largest absolute Gasteiger partial charge is 0.495 e. The van der Waals surface area contributed by atoms with E-state index in [1.165, 1.54) is 12.8 Å². The normalized spacial score (nSPS) is 23.9. The number of rotatable bonds is 4. The van der Waals surface area contributed by atoms with E-state index >= 15 is 0 Å². The first-order valence-corrected chi connectivity index (χ1v) is 7.83. The molecule has 2 N–H and O–H groups in total. The van der Waals surface area contributed by atoms with Crippen LogP contribution in [0, 0.1) is 0 Å². The van der Waals surface area contributed by atoms with Gasteiger partial charge in [0.1, 0.15) is 5.75 Å². The number of pyridine rings is 1. The summed E-state index contributed by atoms with van der Waals surface area (Å²) < 4.78 is 10.8. The Kier molecular flexibility index (Phi) is 4.42. The van der Waals surface area contributed by atoms with Gasteiger partial charge in [-0.2, -0.15) is 0 Å². The van der Waals surface area contributed by atoms with Crippen molar-refractivity contribution < 1.29 is 9.47 Å². The van der Waals surface area contributed by atoms with Crippen molar-refractivity contribution in [2.75, 3.05) is 33.4 Å². The van der Waals surface area contributed by atoms with E-state index in [9.17, 15) is 0 Å². The van der Waals surface area contributed by atoms with Crippen LogP contribution in [0.1, 0.15) is 37.3 Å². The molecule has 2 fully saturated rings. The summed E-state index contributed by atoms with van der Waals surface area (Å²) in [4.78, 5) is 6.83. The van der Waals surface area contributed by atoms with Crippen molar-refractivity contribution in [1.82, 2.24) is 9.88 Å². The van der Waals surface area contributed by atoms with Gasteiger partial charge in [0.25, 0.3) is 0 Å². The zero-order chi connectivity index (χ0) is 14.7. The second kappa shape index (κ2) is 6.30. The van der Waals surface area contributed by atoms with Crippen LogP contribution in [0.4, 0.5) is 0 Å². The van der Waals surface area contributed by atoms with Gasteiger partial charge in [-0.3, -0.25) is 9.88 Å². The number of nitrogens with zero attached hydrogens (tertiary/aromatic N) is 2. The summed E-state index contributed by atoms with van der Waals surface area (Å²) in [5.74, 6) is 0.776. The summed E-state index contributed by atoms with van der Waals surface area (Å²) in [7, 11) is 1.67. The molecule has 1 saturated heterocycles. The van der Waals surface area contributed by atoms with Crippen LogP contribution in [0.5, 0.6) is 5.75 Å². The summed E-state index contributed by atoms with van der Waals surface area (Å²) in [6.45, 7) is 3.58. The topological polar surface area (TPSA) is 60.6 Å². The first kappa shape index (κ1) is 14.8. The second-order valence-corrected chi connectivity index (χ2v) is 6.05. The molecule has 2 aliphatic rings. The van der Waals surface area contributed by atoms with Gasteiger partial charge in [-0.1, -0.05) is 12.8 Å². The average molecular weight is 291 g/mol. The minimum absolute atomic E-state index is 0.0271. The van der Waals surface area contributed by atoms with Crippen LogP contribution in [-0.4, -0.2) is 48.8 Å². The van der Waals surface area contributed by atoms with E-state index in [-0.39, 0.29) is 11.6 Å². The number of aromatic nitrogens is 1. The summed E-state index contributed by atoms with van der Waals surface area (Å²) in [5, 5.41) is 0. The molecule has 0 aromatic carbocycles. The molecule has 116 valence electrons. The Balaban J connectivity index is 1.88. The van der Waals surface area contributed by atoms with Crippen LogP contribution < -0.4 is 10.5 Å². The lowest BCUT2D eigenvalue weighted by molar-refractivity contribution is -0.0312. The van der Waals surface area contributed by atoms with E-state index in [0.29, 0.717) is 0 Å². The van der Waals surface area contributed by atoms with Gasteiger partial charge in [0.2, 0.25) is 0 Å². The summed E-state index contributed by atoms with van der Waals surface area (Å²) in [5.41, 5.74) is 7.84. The third-order valence-electron chi connectivity index (χ3n) is 5.02. The van der Waals surface area contributed by atoms with E-state index in [4.69, 9.17) is 15.2 Å². The second-order valence-electron chi connectivity index (χ2n) is 6.05. The number of morpholine rings is 1. The third-order valence-corrected chi connectivity index (χ3v) is 5.02. The van der Waals surface area contributed by atoms with Gasteiger partial charge in [-0.05, 0) is 24.5 Å². The summed E-state index contributed by atoms with van der Waals surface area (Å²) in [6, 6.07) is 2.00. The summed E-state index contributed by atoms with van der Waals surface area (Å²) >= 11 is 0. The SMILES string of the molecule is COc1cncc(C(N)C2(N3CCOCC3)CCCC2)c1. The minimum Gasteiger partial charge on any atom is -0.495 e. The molecule has 1 atom stereocenters.